The van der Waals surface area contributed by atoms with Crippen molar-refractivity contribution in [2.45, 2.75) is 38.8 Å². The van der Waals surface area contributed by atoms with Gasteiger partial charge in [0.15, 0.2) is 0 Å². The van der Waals surface area contributed by atoms with Crippen molar-refractivity contribution in [3.8, 4) is 0 Å². The minimum absolute atomic E-state index is 0.312. The van der Waals surface area contributed by atoms with Gasteiger partial charge in [-0.1, -0.05) is 6.92 Å². The van der Waals surface area contributed by atoms with E-state index in [2.05, 4.69) is 24.0 Å². The van der Waals surface area contributed by atoms with Gasteiger partial charge in [-0.15, -0.1) is 11.3 Å². The monoisotopic (exact) mass is 225 g/mol. The van der Waals surface area contributed by atoms with E-state index in [1.165, 1.54) is 16.2 Å². The Hall–Kier alpha value is -0.380. The van der Waals surface area contributed by atoms with Crippen LogP contribution in [0.15, 0.2) is 12.1 Å². The molecule has 1 aliphatic heterocycles. The molecule has 0 spiro atoms. The molecule has 0 saturated carbocycles. The second-order valence-electron chi connectivity index (χ2n) is 4.17. The molecule has 1 atom stereocenters. The zero-order valence-corrected chi connectivity index (χ0v) is 10.1. The van der Waals surface area contributed by atoms with Gasteiger partial charge in [-0.05, 0) is 37.9 Å². The summed E-state index contributed by atoms with van der Waals surface area (Å²) in [7, 11) is 0. The highest BCUT2D eigenvalue weighted by Crippen LogP contribution is 2.23. The fourth-order valence-electron chi connectivity index (χ4n) is 2.21. The van der Waals surface area contributed by atoms with Gasteiger partial charge in [-0.2, -0.15) is 0 Å². The largest absolute Gasteiger partial charge is 0.395 e. The Morgan fingerprint density at radius 1 is 1.47 bits per heavy atom. The molecule has 2 nitrogen and oxygen atoms in total. The molecule has 0 aliphatic carbocycles. The number of aliphatic hydroxyl groups excluding tert-OH is 1. The van der Waals surface area contributed by atoms with E-state index < -0.39 is 0 Å². The third kappa shape index (κ3) is 2.60. The number of thiophene rings is 1. The zero-order chi connectivity index (χ0) is 10.7. The van der Waals surface area contributed by atoms with Crippen molar-refractivity contribution in [3.63, 3.8) is 0 Å². The van der Waals surface area contributed by atoms with Crippen LogP contribution in [0.4, 0.5) is 0 Å². The van der Waals surface area contributed by atoms with Crippen LogP contribution in [-0.4, -0.2) is 29.2 Å². The third-order valence-electron chi connectivity index (χ3n) is 3.13. The third-order valence-corrected chi connectivity index (χ3v) is 4.35. The van der Waals surface area contributed by atoms with Crippen LogP contribution in [0, 0.1) is 0 Å². The average molecular weight is 225 g/mol. The summed E-state index contributed by atoms with van der Waals surface area (Å²) in [4.78, 5) is 5.31. The maximum Gasteiger partial charge on any atom is 0.0587 e. The Kier molecular flexibility index (Phi) is 3.78. The lowest BCUT2D eigenvalue weighted by Gasteiger charge is -2.21. The normalized spacial score (nSPS) is 22.4. The smallest absolute Gasteiger partial charge is 0.0587 e. The van der Waals surface area contributed by atoms with Gasteiger partial charge in [0.25, 0.3) is 0 Å². The minimum atomic E-state index is 0.312. The van der Waals surface area contributed by atoms with Crippen LogP contribution in [0.25, 0.3) is 0 Å². The highest BCUT2D eigenvalue weighted by molar-refractivity contribution is 7.11. The molecule has 0 bridgehead atoms. The quantitative estimate of drug-likeness (QED) is 0.849. The highest BCUT2D eigenvalue weighted by Gasteiger charge is 2.23. The molecule has 1 aromatic heterocycles. The lowest BCUT2D eigenvalue weighted by Crippen LogP contribution is -2.31. The first-order valence-electron chi connectivity index (χ1n) is 5.76. The summed E-state index contributed by atoms with van der Waals surface area (Å²) in [5.41, 5.74) is 0. The molecule has 0 aromatic carbocycles. The van der Waals surface area contributed by atoms with Crippen molar-refractivity contribution in [1.29, 1.82) is 0 Å². The van der Waals surface area contributed by atoms with Gasteiger partial charge in [0.1, 0.15) is 0 Å². The van der Waals surface area contributed by atoms with E-state index in [9.17, 15) is 5.11 Å². The summed E-state index contributed by atoms with van der Waals surface area (Å²) in [5, 5.41) is 9.23. The molecular weight excluding hydrogens is 206 g/mol. The average Bonchev–Trinajstić information content (AvgIpc) is 2.87. The summed E-state index contributed by atoms with van der Waals surface area (Å²) in [5.74, 6) is 0. The Morgan fingerprint density at radius 3 is 2.93 bits per heavy atom. The van der Waals surface area contributed by atoms with Gasteiger partial charge >= 0.3 is 0 Å². The Bertz CT molecular complexity index is 310. The second kappa shape index (κ2) is 5.10. The molecule has 1 saturated heterocycles. The van der Waals surface area contributed by atoms with Crippen LogP contribution in [0.2, 0.25) is 0 Å². The molecule has 0 amide bonds. The Labute approximate surface area is 95.5 Å². The molecule has 2 rings (SSSR count). The van der Waals surface area contributed by atoms with Crippen LogP contribution >= 0.6 is 11.3 Å². The maximum absolute atomic E-state index is 9.23. The summed E-state index contributed by atoms with van der Waals surface area (Å²) in [6.45, 7) is 4.68. The molecule has 2 heterocycles. The van der Waals surface area contributed by atoms with Crippen LogP contribution in [0.5, 0.6) is 0 Å². The molecule has 0 radical (unpaired) electrons. The molecule has 15 heavy (non-hydrogen) atoms. The molecule has 3 heteroatoms. The molecule has 84 valence electrons. The van der Waals surface area contributed by atoms with Gasteiger partial charge in [0, 0.05) is 22.3 Å². The first-order chi connectivity index (χ1) is 7.33. The van der Waals surface area contributed by atoms with Gasteiger partial charge in [-0.3, -0.25) is 4.90 Å². The highest BCUT2D eigenvalue weighted by atomic mass is 32.1. The molecule has 1 aromatic rings. The fourth-order valence-corrected chi connectivity index (χ4v) is 3.19. The van der Waals surface area contributed by atoms with Crippen molar-refractivity contribution in [2.24, 2.45) is 0 Å². The first-order valence-corrected chi connectivity index (χ1v) is 6.57. The number of aryl methyl sites for hydroxylation is 1. The van der Waals surface area contributed by atoms with Crippen molar-refractivity contribution in [1.82, 2.24) is 4.90 Å². The zero-order valence-electron chi connectivity index (χ0n) is 9.28. The van der Waals surface area contributed by atoms with Gasteiger partial charge < -0.3 is 5.11 Å². The summed E-state index contributed by atoms with van der Waals surface area (Å²) in [6, 6.07) is 4.86. The lowest BCUT2D eigenvalue weighted by molar-refractivity contribution is 0.154. The number of hydrogen-bond donors (Lipinski definition) is 1. The predicted octanol–water partition coefficient (Wildman–Crippen LogP) is 2.27. The number of likely N-dealkylation sites (tertiary alicyclic amines) is 1. The van der Waals surface area contributed by atoms with Crippen LogP contribution in [-0.2, 0) is 13.0 Å². The molecule has 1 fully saturated rings. The van der Waals surface area contributed by atoms with Gasteiger partial charge in [0.05, 0.1) is 6.61 Å². The van der Waals surface area contributed by atoms with Crippen molar-refractivity contribution < 1.29 is 5.11 Å². The number of nitrogens with zero attached hydrogens (tertiary/aromatic N) is 1. The van der Waals surface area contributed by atoms with E-state index >= 15 is 0 Å². The van der Waals surface area contributed by atoms with E-state index in [1.807, 2.05) is 11.3 Å². The number of rotatable bonds is 4. The minimum Gasteiger partial charge on any atom is -0.395 e. The Balaban J connectivity index is 1.95. The van der Waals surface area contributed by atoms with Crippen LogP contribution in [0.3, 0.4) is 0 Å². The van der Waals surface area contributed by atoms with Crippen LogP contribution < -0.4 is 0 Å². The summed E-state index contributed by atoms with van der Waals surface area (Å²) in [6.07, 6.45) is 3.52. The molecular formula is C12H19NOS. The summed E-state index contributed by atoms with van der Waals surface area (Å²) < 4.78 is 0. The lowest BCUT2D eigenvalue weighted by atomic mass is 10.2. The van der Waals surface area contributed by atoms with E-state index in [4.69, 9.17) is 0 Å². The standard InChI is InChI=1S/C12H19NOS/c1-2-11-5-6-12(15-11)8-13-7-3-4-10(13)9-14/h5-6,10,14H,2-4,7-9H2,1H3/t10-/m1/s1. The van der Waals surface area contributed by atoms with E-state index in [0.29, 0.717) is 12.6 Å². The number of hydrogen-bond acceptors (Lipinski definition) is 3. The Morgan fingerprint density at radius 2 is 2.27 bits per heavy atom. The van der Waals surface area contributed by atoms with Gasteiger partial charge in [-0.25, -0.2) is 0 Å². The second-order valence-corrected chi connectivity index (χ2v) is 5.42. The molecule has 0 unspecified atom stereocenters. The number of aliphatic hydroxyl groups is 1. The van der Waals surface area contributed by atoms with Crippen molar-refractivity contribution in [3.05, 3.63) is 21.9 Å². The fraction of sp³-hybridized carbons (Fsp3) is 0.667. The SMILES string of the molecule is CCc1ccc(CN2CCC[C@@H]2CO)s1. The predicted molar refractivity (Wildman–Crippen MR) is 64.2 cm³/mol. The molecule has 1 N–H and O–H groups in total. The molecule has 1 aliphatic rings. The summed E-state index contributed by atoms with van der Waals surface area (Å²) >= 11 is 1.91. The topological polar surface area (TPSA) is 23.5 Å². The van der Waals surface area contributed by atoms with E-state index in [0.717, 1.165) is 25.9 Å². The van der Waals surface area contributed by atoms with Crippen molar-refractivity contribution in [2.75, 3.05) is 13.2 Å². The maximum atomic E-state index is 9.23. The first kappa shape index (κ1) is 11.1. The van der Waals surface area contributed by atoms with Crippen molar-refractivity contribution >= 4 is 11.3 Å². The van der Waals surface area contributed by atoms with Crippen LogP contribution in [0.1, 0.15) is 29.5 Å². The van der Waals surface area contributed by atoms with Gasteiger partial charge in [0.2, 0.25) is 0 Å². The van der Waals surface area contributed by atoms with E-state index in [-0.39, 0.29) is 0 Å². The van der Waals surface area contributed by atoms with E-state index in [1.54, 1.807) is 0 Å².